The number of amides is 1. The van der Waals surface area contributed by atoms with Crippen LogP contribution in [-0.4, -0.2) is 32.6 Å². The van der Waals surface area contributed by atoms with Gasteiger partial charge in [-0.2, -0.15) is 0 Å². The Morgan fingerprint density at radius 1 is 1.32 bits per heavy atom. The smallest absolute Gasteiger partial charge is 0.290 e. The van der Waals surface area contributed by atoms with E-state index < -0.39 is 5.60 Å². The third-order valence-corrected chi connectivity index (χ3v) is 3.48. The molecular formula is C17H18N2O3. The van der Waals surface area contributed by atoms with E-state index in [9.17, 15) is 9.90 Å². The van der Waals surface area contributed by atoms with Crippen LogP contribution >= 0.6 is 0 Å². The lowest BCUT2D eigenvalue weighted by molar-refractivity contribution is 0.0678. The predicted molar refractivity (Wildman–Crippen MR) is 81.1 cm³/mol. The first-order chi connectivity index (χ1) is 10.4. The first-order valence-corrected chi connectivity index (χ1v) is 7.21. The molecule has 2 aromatic heterocycles. The Balaban J connectivity index is 1.74. The van der Waals surface area contributed by atoms with E-state index in [1.807, 2.05) is 18.3 Å². The van der Waals surface area contributed by atoms with Gasteiger partial charge in [0, 0.05) is 25.0 Å². The van der Waals surface area contributed by atoms with Crippen molar-refractivity contribution in [2.45, 2.75) is 32.5 Å². The van der Waals surface area contributed by atoms with Crippen LogP contribution in [0, 0.1) is 11.8 Å². The molecule has 3 heterocycles. The van der Waals surface area contributed by atoms with E-state index in [1.54, 1.807) is 30.9 Å². The zero-order valence-electron chi connectivity index (χ0n) is 12.7. The van der Waals surface area contributed by atoms with Gasteiger partial charge in [0.05, 0.1) is 6.54 Å². The monoisotopic (exact) mass is 298 g/mol. The van der Waals surface area contributed by atoms with Gasteiger partial charge in [0.1, 0.15) is 5.60 Å². The Labute approximate surface area is 129 Å². The average Bonchev–Trinajstić information content (AvgIpc) is 3.11. The second-order valence-electron chi connectivity index (χ2n) is 5.89. The lowest BCUT2D eigenvalue weighted by Gasteiger charge is -2.27. The highest BCUT2D eigenvalue weighted by Gasteiger charge is 2.23. The molecule has 0 fully saturated rings. The number of hydrogen-bond donors (Lipinski definition) is 1. The standard InChI is InChI=1S/C17H18N2O3/c1-17(2,21)8-7-14-5-6-15(22-14)16(20)19-11-10-18-9-3-4-13(18)12-19/h3-6,9,21H,10-12H2,1-2H3. The van der Waals surface area contributed by atoms with Crippen molar-refractivity contribution in [1.29, 1.82) is 0 Å². The molecule has 0 bridgehead atoms. The van der Waals surface area contributed by atoms with E-state index in [4.69, 9.17) is 4.42 Å². The molecular weight excluding hydrogens is 280 g/mol. The Morgan fingerprint density at radius 3 is 2.91 bits per heavy atom. The van der Waals surface area contributed by atoms with E-state index in [0.717, 1.165) is 12.2 Å². The number of nitrogens with zero attached hydrogens (tertiary/aromatic N) is 2. The van der Waals surface area contributed by atoms with Crippen LogP contribution in [0.25, 0.3) is 0 Å². The molecule has 1 amide bonds. The van der Waals surface area contributed by atoms with Gasteiger partial charge in [-0.1, -0.05) is 5.92 Å². The van der Waals surface area contributed by atoms with E-state index >= 15 is 0 Å². The van der Waals surface area contributed by atoms with Crippen LogP contribution in [0.2, 0.25) is 0 Å². The fraction of sp³-hybridized carbons (Fsp3) is 0.353. The molecule has 0 saturated carbocycles. The van der Waals surface area contributed by atoms with E-state index in [0.29, 0.717) is 18.8 Å². The Bertz CT molecular complexity index is 753. The van der Waals surface area contributed by atoms with Crippen molar-refractivity contribution >= 4 is 5.91 Å². The number of hydrogen-bond acceptors (Lipinski definition) is 3. The number of carbonyl (C=O) groups is 1. The summed E-state index contributed by atoms with van der Waals surface area (Å²) in [4.78, 5) is 14.2. The van der Waals surface area contributed by atoms with Crippen molar-refractivity contribution in [3.63, 3.8) is 0 Å². The minimum atomic E-state index is -1.09. The average molecular weight is 298 g/mol. The van der Waals surface area contributed by atoms with Crippen LogP contribution in [0.15, 0.2) is 34.9 Å². The van der Waals surface area contributed by atoms with Crippen molar-refractivity contribution < 1.29 is 14.3 Å². The molecule has 5 heteroatoms. The van der Waals surface area contributed by atoms with Crippen LogP contribution in [-0.2, 0) is 13.1 Å². The molecule has 22 heavy (non-hydrogen) atoms. The summed E-state index contributed by atoms with van der Waals surface area (Å²) in [5, 5.41) is 9.58. The zero-order valence-corrected chi connectivity index (χ0v) is 12.7. The fourth-order valence-corrected chi connectivity index (χ4v) is 2.38. The Kier molecular flexibility index (Phi) is 3.55. The molecule has 114 valence electrons. The minimum absolute atomic E-state index is 0.135. The molecule has 2 aromatic rings. The molecule has 3 rings (SSSR count). The van der Waals surface area contributed by atoms with Gasteiger partial charge in [-0.3, -0.25) is 4.79 Å². The summed E-state index contributed by atoms with van der Waals surface area (Å²) >= 11 is 0. The van der Waals surface area contributed by atoms with Crippen LogP contribution < -0.4 is 0 Å². The van der Waals surface area contributed by atoms with Gasteiger partial charge in [-0.15, -0.1) is 0 Å². The normalized spacial score (nSPS) is 14.2. The first-order valence-electron chi connectivity index (χ1n) is 7.21. The molecule has 5 nitrogen and oxygen atoms in total. The summed E-state index contributed by atoms with van der Waals surface area (Å²) in [6.07, 6.45) is 2.02. The van der Waals surface area contributed by atoms with Crippen molar-refractivity contribution in [3.05, 3.63) is 47.7 Å². The van der Waals surface area contributed by atoms with Crippen molar-refractivity contribution in [3.8, 4) is 11.8 Å². The number of carbonyl (C=O) groups excluding carboxylic acids is 1. The molecule has 0 aliphatic carbocycles. The Hall–Kier alpha value is -2.45. The van der Waals surface area contributed by atoms with Gasteiger partial charge in [0.25, 0.3) is 5.91 Å². The Morgan fingerprint density at radius 2 is 2.14 bits per heavy atom. The maximum absolute atomic E-state index is 12.5. The highest BCUT2D eigenvalue weighted by molar-refractivity contribution is 5.91. The second-order valence-corrected chi connectivity index (χ2v) is 5.89. The van der Waals surface area contributed by atoms with Crippen LogP contribution in [0.5, 0.6) is 0 Å². The zero-order chi connectivity index (χ0) is 15.7. The van der Waals surface area contributed by atoms with Crippen molar-refractivity contribution in [1.82, 2.24) is 9.47 Å². The third kappa shape index (κ3) is 3.07. The van der Waals surface area contributed by atoms with Crippen molar-refractivity contribution in [2.75, 3.05) is 6.54 Å². The summed E-state index contributed by atoms with van der Waals surface area (Å²) < 4.78 is 7.63. The molecule has 0 aromatic carbocycles. The van der Waals surface area contributed by atoms with Gasteiger partial charge in [0.15, 0.2) is 11.5 Å². The number of aliphatic hydroxyl groups is 1. The molecule has 0 atom stereocenters. The summed E-state index contributed by atoms with van der Waals surface area (Å²) in [7, 11) is 0. The highest BCUT2D eigenvalue weighted by atomic mass is 16.4. The van der Waals surface area contributed by atoms with Crippen LogP contribution in [0.3, 0.4) is 0 Å². The van der Waals surface area contributed by atoms with Crippen LogP contribution in [0.4, 0.5) is 0 Å². The fourth-order valence-electron chi connectivity index (χ4n) is 2.38. The summed E-state index contributed by atoms with van der Waals surface area (Å²) in [5.74, 6) is 5.92. The van der Waals surface area contributed by atoms with E-state index in [2.05, 4.69) is 16.4 Å². The van der Waals surface area contributed by atoms with Gasteiger partial charge >= 0.3 is 0 Å². The number of fused-ring (bicyclic) bond motifs is 1. The maximum Gasteiger partial charge on any atom is 0.290 e. The molecule has 0 unspecified atom stereocenters. The topological polar surface area (TPSA) is 58.6 Å². The molecule has 1 N–H and O–H groups in total. The minimum Gasteiger partial charge on any atom is -0.443 e. The lowest BCUT2D eigenvalue weighted by Crippen LogP contribution is -2.37. The van der Waals surface area contributed by atoms with Gasteiger partial charge < -0.3 is 19.0 Å². The molecule has 1 aliphatic heterocycles. The largest absolute Gasteiger partial charge is 0.443 e. The lowest BCUT2D eigenvalue weighted by atomic mass is 10.1. The van der Waals surface area contributed by atoms with Crippen molar-refractivity contribution in [2.24, 2.45) is 0 Å². The van der Waals surface area contributed by atoms with E-state index in [-0.39, 0.29) is 11.7 Å². The molecule has 0 saturated heterocycles. The third-order valence-electron chi connectivity index (χ3n) is 3.48. The van der Waals surface area contributed by atoms with Gasteiger partial charge in [-0.05, 0) is 44.0 Å². The number of furan rings is 1. The summed E-state index contributed by atoms with van der Waals surface area (Å²) in [6.45, 7) is 5.22. The summed E-state index contributed by atoms with van der Waals surface area (Å²) in [6, 6.07) is 7.28. The highest BCUT2D eigenvalue weighted by Crippen LogP contribution is 2.17. The summed E-state index contributed by atoms with van der Waals surface area (Å²) in [5.41, 5.74) is 0.0306. The molecule has 1 aliphatic rings. The van der Waals surface area contributed by atoms with Gasteiger partial charge in [0.2, 0.25) is 0 Å². The quantitative estimate of drug-likeness (QED) is 0.818. The maximum atomic E-state index is 12.5. The predicted octanol–water partition coefficient (Wildman–Crippen LogP) is 1.86. The first kappa shape index (κ1) is 14.5. The number of rotatable bonds is 1. The molecule has 0 spiro atoms. The van der Waals surface area contributed by atoms with E-state index in [1.165, 1.54) is 0 Å². The second kappa shape index (κ2) is 5.39. The molecule has 0 radical (unpaired) electrons. The van der Waals surface area contributed by atoms with Crippen LogP contribution in [0.1, 0.15) is 35.9 Å². The SMILES string of the molecule is CC(C)(O)C#Cc1ccc(C(=O)N2CCn3cccc3C2)o1. The van der Waals surface area contributed by atoms with Gasteiger partial charge in [-0.25, -0.2) is 0 Å². The number of aromatic nitrogens is 1.